The molecule has 2 aliphatic heterocycles. The van der Waals surface area contributed by atoms with Crippen LogP contribution in [0, 0.1) is 59.2 Å². The number of carbonyl (C=O) groups is 11. The number of urea groups is 1. The Hall–Kier alpha value is -7.97. The molecule has 2 aromatic carbocycles. The van der Waals surface area contributed by atoms with E-state index in [0.717, 1.165) is 6.42 Å². The fourth-order valence-corrected chi connectivity index (χ4v) is 15.4. The fourth-order valence-electron chi connectivity index (χ4n) is 15.4. The minimum absolute atomic E-state index is 0.0838. The first-order chi connectivity index (χ1) is 48.3. The van der Waals surface area contributed by atoms with Crippen LogP contribution in [-0.4, -0.2) is 192 Å². The highest BCUT2D eigenvalue weighted by molar-refractivity contribution is 6.06. The van der Waals surface area contributed by atoms with Gasteiger partial charge in [0.15, 0.2) is 0 Å². The zero-order valence-electron chi connectivity index (χ0n) is 63.0. The maximum absolute atomic E-state index is 14.9. The largest absolute Gasteiger partial charge is 0.445 e. The second-order valence-corrected chi connectivity index (χ2v) is 29.8. The van der Waals surface area contributed by atoms with E-state index >= 15 is 0 Å². The van der Waals surface area contributed by atoms with Gasteiger partial charge in [0.1, 0.15) is 30.8 Å². The second-order valence-electron chi connectivity index (χ2n) is 29.8. The van der Waals surface area contributed by atoms with Crippen molar-refractivity contribution < 1.29 is 72.1 Å². The zero-order valence-corrected chi connectivity index (χ0v) is 63.0. The average Bonchev–Trinajstić information content (AvgIpc) is 1.56. The number of carbonyl (C=O) groups excluding carboxylic acids is 11. The maximum Gasteiger partial charge on any atom is 0.410 e. The Balaban J connectivity index is 1.01. The monoisotopic (exact) mass is 1420 g/mol. The number of hydrogen-bond donors (Lipinski definition) is 8. The summed E-state index contributed by atoms with van der Waals surface area (Å²) in [6.07, 6.45) is 3.70. The van der Waals surface area contributed by atoms with Gasteiger partial charge >= 0.3 is 12.1 Å². The number of likely N-dealkylation sites (tertiary alicyclic amines) is 2. The molecule has 0 aromatic heterocycles. The fraction of sp³-hybridized carbons (Fsp3) is 0.671. The van der Waals surface area contributed by atoms with Crippen LogP contribution >= 0.6 is 0 Å². The van der Waals surface area contributed by atoms with E-state index in [0.29, 0.717) is 74.3 Å². The van der Waals surface area contributed by atoms with Gasteiger partial charge in [0, 0.05) is 60.1 Å². The molecule has 2 aliphatic carbocycles. The number of allylic oxidation sites excluding steroid dienone is 2. The van der Waals surface area contributed by atoms with Crippen LogP contribution < -0.4 is 37.6 Å². The molecule has 26 heteroatoms. The zero-order chi connectivity index (χ0) is 75.6. The molecule has 1 saturated carbocycles. The number of nitrogens with zero attached hydrogens (tertiary/aromatic N) is 4. The van der Waals surface area contributed by atoms with Crippen molar-refractivity contribution in [1.82, 2.24) is 46.2 Å². The molecule has 26 nitrogen and oxygen atoms in total. The highest BCUT2D eigenvalue weighted by atomic mass is 16.6. The maximum atomic E-state index is 14.9. The average molecular weight is 1420 g/mol. The lowest BCUT2D eigenvalue weighted by Crippen LogP contribution is -2.60. The Labute approximate surface area is 603 Å². The molecule has 566 valence electrons. The number of ether oxygens (including phenoxy) is 3. The van der Waals surface area contributed by atoms with Crippen LogP contribution in [0.5, 0.6) is 0 Å². The Morgan fingerprint density at radius 3 is 1.97 bits per heavy atom. The molecule has 12 amide bonds. The molecule has 9 N–H and O–H groups in total. The molecule has 2 aromatic rings. The number of anilines is 1. The molecule has 4 unspecified atom stereocenters. The van der Waals surface area contributed by atoms with Gasteiger partial charge < -0.3 is 66.8 Å². The first kappa shape index (κ1) is 83.0. The van der Waals surface area contributed by atoms with Gasteiger partial charge in [0.25, 0.3) is 0 Å². The molecule has 4 aliphatic rings. The predicted octanol–water partition coefficient (Wildman–Crippen LogP) is 6.99. The molecular weight excluding hydrogens is 1310 g/mol. The van der Waals surface area contributed by atoms with E-state index in [1.54, 1.807) is 109 Å². The van der Waals surface area contributed by atoms with Crippen LogP contribution in [-0.2, 0) is 64.0 Å². The molecule has 6 rings (SSSR count). The van der Waals surface area contributed by atoms with Crippen molar-refractivity contribution in [2.24, 2.45) is 64.9 Å². The summed E-state index contributed by atoms with van der Waals surface area (Å²) in [6, 6.07) is 8.79. The van der Waals surface area contributed by atoms with Gasteiger partial charge in [-0.1, -0.05) is 143 Å². The van der Waals surface area contributed by atoms with E-state index in [1.807, 2.05) is 32.0 Å². The standard InChI is InChI=1S/C76H117N11O15/c1-17-46(10)65(57(100-15)40-59(89)86-37-25-29-56(86)67(101-16)47(11)68(91)79-48(12)66(90)50-26-20-18-21-27-50)84(13)74(97)63(44(6)7)83-71(94)64(45(8)9)85(14)76(99)102-41-49-31-33-52(34-32-49)80-69(92)55(28-24-35-78-75(77)98)81-70(93)62(43(4)5)82-58(88)30-22-19-23-36-87-72(95)60-51-38-53(42(2)3)54(39-51)61(60)73(87)96/h18,20-21,26-27,31-34,38,42-48,51,54-57,60-67,90H,17,19,22-25,28-30,35-37,39-41H2,1-16H3,(H,79,91)(H,80,92)(H,81,93)(H,82,88)(H,83,94)(H3,77,78,98)/t46-,47+,48+,51?,54?,55-,56-,57+,60?,61?,62-,63-,64-,65-,66-,67+/m0/s1. The molecule has 2 saturated heterocycles. The number of nitrogens with two attached hydrogens (primary N) is 1. The molecular formula is C76H117N11O15. The first-order valence-electron chi connectivity index (χ1n) is 36.7. The van der Waals surface area contributed by atoms with Gasteiger partial charge in [-0.15, -0.1) is 0 Å². The summed E-state index contributed by atoms with van der Waals surface area (Å²) >= 11 is 0. The molecule has 0 radical (unpaired) electrons. The van der Waals surface area contributed by atoms with Crippen LogP contribution in [0.1, 0.15) is 171 Å². The van der Waals surface area contributed by atoms with Gasteiger partial charge in [-0.25, -0.2) is 9.59 Å². The minimum atomic E-state index is -1.12. The molecule has 16 atom stereocenters. The van der Waals surface area contributed by atoms with E-state index in [1.165, 1.54) is 36.6 Å². The summed E-state index contributed by atoms with van der Waals surface area (Å²) in [5.41, 5.74) is 8.11. The molecule has 3 fully saturated rings. The third kappa shape index (κ3) is 21.1. The molecule has 0 spiro atoms. The molecule has 2 bridgehead atoms. The van der Waals surface area contributed by atoms with E-state index in [-0.39, 0.29) is 104 Å². The summed E-state index contributed by atoms with van der Waals surface area (Å²) in [7, 11) is 6.09. The van der Waals surface area contributed by atoms with E-state index in [4.69, 9.17) is 19.9 Å². The number of fused-ring (bicyclic) bond motifs is 5. The van der Waals surface area contributed by atoms with Gasteiger partial charge in [-0.3, -0.25) is 53.0 Å². The lowest BCUT2D eigenvalue weighted by molar-refractivity contribution is -0.148. The number of rotatable bonds is 39. The lowest BCUT2D eigenvalue weighted by Gasteiger charge is -2.41. The van der Waals surface area contributed by atoms with Gasteiger partial charge in [-0.2, -0.15) is 0 Å². The quantitative estimate of drug-likeness (QED) is 0.0190. The smallest absolute Gasteiger partial charge is 0.410 e. The predicted molar refractivity (Wildman–Crippen MR) is 386 cm³/mol. The number of benzene rings is 2. The van der Waals surface area contributed by atoms with Crippen molar-refractivity contribution in [2.45, 2.75) is 221 Å². The summed E-state index contributed by atoms with van der Waals surface area (Å²) in [6.45, 7) is 23.0. The van der Waals surface area contributed by atoms with Crippen LogP contribution in [0.3, 0.4) is 0 Å². The molecule has 2 heterocycles. The van der Waals surface area contributed by atoms with E-state index in [2.05, 4.69) is 51.8 Å². The van der Waals surface area contributed by atoms with Crippen molar-refractivity contribution in [3.63, 3.8) is 0 Å². The number of imide groups is 1. The van der Waals surface area contributed by atoms with Gasteiger partial charge in [0.2, 0.25) is 53.2 Å². The first-order valence-corrected chi connectivity index (χ1v) is 36.7. The van der Waals surface area contributed by atoms with Crippen molar-refractivity contribution in [1.29, 1.82) is 0 Å². The van der Waals surface area contributed by atoms with Gasteiger partial charge in [0.05, 0.1) is 60.6 Å². The number of aliphatic hydroxyl groups is 1. The van der Waals surface area contributed by atoms with Crippen LogP contribution in [0.25, 0.3) is 0 Å². The Bertz CT molecular complexity index is 3240. The second kappa shape index (κ2) is 38.5. The minimum Gasteiger partial charge on any atom is -0.445 e. The Kier molecular flexibility index (Phi) is 31.3. The van der Waals surface area contributed by atoms with Crippen LogP contribution in [0.2, 0.25) is 0 Å². The van der Waals surface area contributed by atoms with E-state index in [9.17, 15) is 57.8 Å². The van der Waals surface area contributed by atoms with Crippen molar-refractivity contribution in [3.05, 3.63) is 77.4 Å². The number of methoxy groups -OCH3 is 2. The summed E-state index contributed by atoms with van der Waals surface area (Å²) in [5, 5.41) is 27.8. The number of unbranched alkanes of at least 4 members (excludes halogenated alkanes) is 2. The summed E-state index contributed by atoms with van der Waals surface area (Å²) in [5.74, 6) is -5.37. The van der Waals surface area contributed by atoms with Crippen molar-refractivity contribution in [2.75, 3.05) is 53.3 Å². The van der Waals surface area contributed by atoms with Gasteiger partial charge in [-0.05, 0) is 117 Å². The molecule has 102 heavy (non-hydrogen) atoms. The third-order valence-electron chi connectivity index (χ3n) is 21.2. The number of nitrogens with one attached hydrogen (secondary N) is 6. The lowest BCUT2D eigenvalue weighted by atomic mass is 9.78. The number of aliphatic hydroxyl groups excluding tert-OH is 1. The van der Waals surface area contributed by atoms with Crippen LogP contribution in [0.4, 0.5) is 15.3 Å². The van der Waals surface area contributed by atoms with Crippen molar-refractivity contribution >= 4 is 71.0 Å². The summed E-state index contributed by atoms with van der Waals surface area (Å²) in [4.78, 5) is 157. The topological polar surface area (TPSA) is 347 Å². The number of hydrogen-bond acceptors (Lipinski definition) is 15. The third-order valence-corrected chi connectivity index (χ3v) is 21.2. The number of primary amides is 1. The normalized spacial score (nSPS) is 21.0. The van der Waals surface area contributed by atoms with Crippen LogP contribution in [0.15, 0.2) is 66.2 Å². The number of likely N-dealkylation sites (N-methyl/N-ethyl adjacent to an activating group) is 2. The highest BCUT2D eigenvalue weighted by Crippen LogP contribution is 2.57. The number of amides is 12. The highest BCUT2D eigenvalue weighted by Gasteiger charge is 2.61. The summed E-state index contributed by atoms with van der Waals surface area (Å²) < 4.78 is 17.8. The van der Waals surface area contributed by atoms with Crippen molar-refractivity contribution in [3.8, 4) is 0 Å². The Morgan fingerprint density at radius 1 is 0.716 bits per heavy atom. The Morgan fingerprint density at radius 2 is 1.37 bits per heavy atom. The SMILES string of the molecule is CC[C@H](C)[C@@H]([C@@H](CC(=O)N1CCC[C@H]1[C@H](OC)[C@@H](C)C(=O)N[C@H](C)[C@H](O)c1ccccc1)OC)N(C)C(=O)[C@@H](NC(=O)[C@H](C(C)C)N(C)C(=O)OCc1ccc(NC(=O)[C@H](CCCNC(N)=O)NC(=O)[C@@H](NC(=O)CCCCCN2C(=O)C3C4C=C(C(C)C)C(C4)C3C2=O)C(C)C)cc1)C(C)C. The van der Waals surface area contributed by atoms with E-state index < -0.39 is 114 Å².